The second kappa shape index (κ2) is 8.21. The highest BCUT2D eigenvalue weighted by molar-refractivity contribution is 6.07. The molecule has 2 aliphatic rings. The summed E-state index contributed by atoms with van der Waals surface area (Å²) >= 11 is 0. The van der Waals surface area contributed by atoms with Crippen LogP contribution in [-0.2, 0) is 9.53 Å². The summed E-state index contributed by atoms with van der Waals surface area (Å²) in [4.78, 5) is 31.6. The van der Waals surface area contributed by atoms with Crippen LogP contribution in [0.3, 0.4) is 0 Å². The quantitative estimate of drug-likeness (QED) is 0.832. The van der Waals surface area contributed by atoms with Gasteiger partial charge in [-0.15, -0.1) is 0 Å². The van der Waals surface area contributed by atoms with Gasteiger partial charge in [0.05, 0.1) is 17.8 Å². The van der Waals surface area contributed by atoms with E-state index in [-0.39, 0.29) is 18.4 Å². The number of pyridine rings is 1. The highest BCUT2D eigenvalue weighted by atomic mass is 16.5. The van der Waals surface area contributed by atoms with E-state index in [0.717, 1.165) is 42.9 Å². The highest BCUT2D eigenvalue weighted by Gasteiger charge is 2.29. The molecule has 0 atom stereocenters. The van der Waals surface area contributed by atoms with Crippen LogP contribution in [0.25, 0.3) is 0 Å². The van der Waals surface area contributed by atoms with Crippen LogP contribution in [0.4, 0.5) is 17.2 Å². The van der Waals surface area contributed by atoms with Gasteiger partial charge in [-0.1, -0.05) is 12.1 Å². The molecule has 1 fully saturated rings. The van der Waals surface area contributed by atoms with Gasteiger partial charge in [0.25, 0.3) is 5.91 Å². The Hall–Kier alpha value is -2.93. The largest absolute Gasteiger partial charge is 0.381 e. The van der Waals surface area contributed by atoms with Crippen LogP contribution < -0.4 is 15.5 Å². The summed E-state index contributed by atoms with van der Waals surface area (Å²) < 4.78 is 5.43. The minimum absolute atomic E-state index is 0.00196. The summed E-state index contributed by atoms with van der Waals surface area (Å²) in [7, 11) is 0. The Morgan fingerprint density at radius 2 is 2.10 bits per heavy atom. The molecule has 2 aliphatic heterocycles. The van der Waals surface area contributed by atoms with Crippen molar-refractivity contribution in [1.29, 1.82) is 0 Å². The standard InChI is InChI=1S/C22H26N4O3/c1-14-4-3-5-18(15(14)2)25-22(28)17-10-19-21(23-11-17)24-12-20(27)26(19)13-16-6-8-29-9-7-16/h3-5,10-11,16H,6-9,12-13H2,1-2H3,(H,23,24)(H,25,28). The van der Waals surface area contributed by atoms with Gasteiger partial charge < -0.3 is 20.3 Å². The predicted molar refractivity (Wildman–Crippen MR) is 112 cm³/mol. The third-order valence-corrected chi connectivity index (χ3v) is 5.76. The number of benzene rings is 1. The van der Waals surface area contributed by atoms with Crippen molar-refractivity contribution < 1.29 is 14.3 Å². The van der Waals surface area contributed by atoms with Crippen molar-refractivity contribution in [2.75, 3.05) is 41.8 Å². The van der Waals surface area contributed by atoms with Crippen molar-refractivity contribution in [3.05, 3.63) is 47.2 Å². The van der Waals surface area contributed by atoms with E-state index >= 15 is 0 Å². The lowest BCUT2D eigenvalue weighted by Crippen LogP contribution is -2.44. The third kappa shape index (κ3) is 4.10. The molecule has 2 N–H and O–H groups in total. The number of anilines is 3. The molecule has 0 radical (unpaired) electrons. The number of hydrogen-bond acceptors (Lipinski definition) is 5. The molecule has 29 heavy (non-hydrogen) atoms. The molecule has 3 heterocycles. The van der Waals surface area contributed by atoms with Crippen LogP contribution in [0.15, 0.2) is 30.5 Å². The molecule has 0 saturated carbocycles. The summed E-state index contributed by atoms with van der Waals surface area (Å²) in [6.07, 6.45) is 3.42. The lowest BCUT2D eigenvalue weighted by Gasteiger charge is -2.33. The Labute approximate surface area is 170 Å². The van der Waals surface area contributed by atoms with Crippen molar-refractivity contribution in [3.63, 3.8) is 0 Å². The van der Waals surface area contributed by atoms with E-state index < -0.39 is 0 Å². The van der Waals surface area contributed by atoms with Crippen LogP contribution >= 0.6 is 0 Å². The summed E-state index contributed by atoms with van der Waals surface area (Å²) in [6, 6.07) is 7.57. The maximum absolute atomic E-state index is 12.9. The summed E-state index contributed by atoms with van der Waals surface area (Å²) in [6.45, 7) is 6.30. The van der Waals surface area contributed by atoms with Crippen LogP contribution in [0.2, 0.25) is 0 Å². The minimum atomic E-state index is -0.238. The van der Waals surface area contributed by atoms with Gasteiger partial charge in [-0.05, 0) is 55.9 Å². The molecule has 152 valence electrons. The molecule has 2 amide bonds. The first-order chi connectivity index (χ1) is 14.0. The van der Waals surface area contributed by atoms with Crippen LogP contribution in [-0.4, -0.2) is 43.1 Å². The van der Waals surface area contributed by atoms with Gasteiger partial charge in [-0.3, -0.25) is 9.59 Å². The molecule has 0 aliphatic carbocycles. The second-order valence-corrected chi connectivity index (χ2v) is 7.71. The van der Waals surface area contributed by atoms with E-state index in [9.17, 15) is 9.59 Å². The Morgan fingerprint density at radius 3 is 2.90 bits per heavy atom. The molecule has 7 heteroatoms. The summed E-state index contributed by atoms with van der Waals surface area (Å²) in [5, 5.41) is 6.02. The molecule has 0 bridgehead atoms. The number of nitrogens with zero attached hydrogens (tertiary/aromatic N) is 2. The predicted octanol–water partition coefficient (Wildman–Crippen LogP) is 3.14. The minimum Gasteiger partial charge on any atom is -0.381 e. The Balaban J connectivity index is 1.58. The molecule has 4 rings (SSSR count). The first-order valence-corrected chi connectivity index (χ1v) is 10.0. The summed E-state index contributed by atoms with van der Waals surface area (Å²) in [5.41, 5.74) is 4.02. The zero-order valence-corrected chi connectivity index (χ0v) is 16.8. The van der Waals surface area contributed by atoms with Crippen LogP contribution in [0.5, 0.6) is 0 Å². The zero-order valence-electron chi connectivity index (χ0n) is 16.8. The number of aromatic nitrogens is 1. The molecule has 2 aromatic rings. The third-order valence-electron chi connectivity index (χ3n) is 5.76. The number of carbonyl (C=O) groups is 2. The van der Waals surface area contributed by atoms with E-state index in [1.54, 1.807) is 17.2 Å². The smallest absolute Gasteiger partial charge is 0.257 e. The van der Waals surface area contributed by atoms with Crippen LogP contribution in [0, 0.1) is 19.8 Å². The highest BCUT2D eigenvalue weighted by Crippen LogP contribution is 2.31. The van der Waals surface area contributed by atoms with E-state index in [0.29, 0.717) is 29.5 Å². The van der Waals surface area contributed by atoms with Crippen molar-refractivity contribution in [3.8, 4) is 0 Å². The SMILES string of the molecule is Cc1cccc(NC(=O)c2cnc3c(c2)N(CC2CCOCC2)C(=O)CN3)c1C. The average Bonchev–Trinajstić information content (AvgIpc) is 2.74. The first kappa shape index (κ1) is 19.4. The topological polar surface area (TPSA) is 83.6 Å². The van der Waals surface area contributed by atoms with E-state index in [1.807, 2.05) is 32.0 Å². The number of hydrogen-bond donors (Lipinski definition) is 2. The summed E-state index contributed by atoms with van der Waals surface area (Å²) in [5.74, 6) is 0.793. The van der Waals surface area contributed by atoms with Gasteiger partial charge in [0.15, 0.2) is 0 Å². The molecular weight excluding hydrogens is 368 g/mol. The van der Waals surface area contributed by atoms with E-state index in [1.165, 1.54) is 0 Å². The maximum Gasteiger partial charge on any atom is 0.257 e. The fraction of sp³-hybridized carbons (Fsp3) is 0.409. The molecule has 1 aromatic heterocycles. The lowest BCUT2D eigenvalue weighted by atomic mass is 9.99. The number of ether oxygens (including phenoxy) is 1. The Kier molecular flexibility index (Phi) is 5.49. The number of rotatable bonds is 4. The molecule has 1 aromatic carbocycles. The Morgan fingerprint density at radius 1 is 1.31 bits per heavy atom. The van der Waals surface area contributed by atoms with E-state index in [4.69, 9.17) is 4.74 Å². The van der Waals surface area contributed by atoms with Crippen molar-refractivity contribution >= 4 is 29.0 Å². The Bertz CT molecular complexity index is 938. The fourth-order valence-electron chi connectivity index (χ4n) is 3.78. The number of aryl methyl sites for hydroxylation is 1. The van der Waals surface area contributed by atoms with Crippen molar-refractivity contribution in [2.45, 2.75) is 26.7 Å². The molecular formula is C22H26N4O3. The van der Waals surface area contributed by atoms with Crippen molar-refractivity contribution in [2.24, 2.45) is 5.92 Å². The van der Waals surface area contributed by atoms with Gasteiger partial charge in [-0.25, -0.2) is 4.98 Å². The molecule has 7 nitrogen and oxygen atoms in total. The van der Waals surface area contributed by atoms with Gasteiger partial charge >= 0.3 is 0 Å². The van der Waals surface area contributed by atoms with Gasteiger partial charge in [0.2, 0.25) is 5.91 Å². The molecule has 0 spiro atoms. The van der Waals surface area contributed by atoms with Gasteiger partial charge in [0.1, 0.15) is 5.82 Å². The monoisotopic (exact) mass is 394 g/mol. The number of carbonyl (C=O) groups excluding carboxylic acids is 2. The second-order valence-electron chi connectivity index (χ2n) is 7.71. The van der Waals surface area contributed by atoms with Gasteiger partial charge in [0, 0.05) is 31.6 Å². The van der Waals surface area contributed by atoms with Crippen molar-refractivity contribution in [1.82, 2.24) is 4.98 Å². The number of fused-ring (bicyclic) bond motifs is 1. The average molecular weight is 394 g/mol. The first-order valence-electron chi connectivity index (χ1n) is 10.0. The van der Waals surface area contributed by atoms with E-state index in [2.05, 4.69) is 15.6 Å². The number of amides is 2. The fourth-order valence-corrected chi connectivity index (χ4v) is 3.78. The maximum atomic E-state index is 12.9. The number of nitrogens with one attached hydrogen (secondary N) is 2. The molecule has 0 unspecified atom stereocenters. The zero-order chi connectivity index (χ0) is 20.4. The molecule has 1 saturated heterocycles. The lowest BCUT2D eigenvalue weighted by molar-refractivity contribution is -0.117. The van der Waals surface area contributed by atoms with Crippen LogP contribution in [0.1, 0.15) is 34.3 Å². The van der Waals surface area contributed by atoms with Gasteiger partial charge in [-0.2, -0.15) is 0 Å². The normalized spacial score (nSPS) is 16.9.